The van der Waals surface area contributed by atoms with Crippen LogP contribution in [0.1, 0.15) is 33.7 Å². The van der Waals surface area contributed by atoms with Crippen molar-refractivity contribution in [1.29, 1.82) is 0 Å². The van der Waals surface area contributed by atoms with Crippen LogP contribution in [0.5, 0.6) is 0 Å². The lowest BCUT2D eigenvalue weighted by atomic mass is 9.47. The van der Waals surface area contributed by atoms with E-state index in [0.29, 0.717) is 16.8 Å². The lowest BCUT2D eigenvalue weighted by Crippen LogP contribution is -2.57. The Morgan fingerprint density at radius 2 is 1.48 bits per heavy atom. The van der Waals surface area contributed by atoms with E-state index in [2.05, 4.69) is 0 Å². The summed E-state index contributed by atoms with van der Waals surface area (Å²) in [5, 5.41) is 10.7. The standard InChI is InChI=1S/C26H19NO4/c1-14-7-6-8-15(13-14)27-23(28)21-20-16-9-2-4-11-18(16)26(25(30)31,22(21)24(27)29)19-12-5-3-10-17(19)20/h2-13,20-22H,1H3,(H,30,31)/t20?,21-,22+,26?/m1/s1. The Balaban J connectivity index is 1.68. The van der Waals surface area contributed by atoms with Gasteiger partial charge in [-0.1, -0.05) is 60.7 Å². The highest BCUT2D eigenvalue weighted by molar-refractivity contribution is 6.25. The molecule has 2 amide bonds. The van der Waals surface area contributed by atoms with Crippen LogP contribution in [0, 0.1) is 18.8 Å². The number of carbonyl (C=O) groups excluding carboxylic acids is 2. The molecule has 1 aliphatic heterocycles. The number of carboxylic acids is 1. The molecule has 0 saturated carbocycles. The quantitative estimate of drug-likeness (QED) is 0.656. The summed E-state index contributed by atoms with van der Waals surface area (Å²) in [5.74, 6) is -3.91. The maximum Gasteiger partial charge on any atom is 0.319 e. The molecule has 3 aliphatic carbocycles. The summed E-state index contributed by atoms with van der Waals surface area (Å²) in [6, 6.07) is 22.0. The summed E-state index contributed by atoms with van der Waals surface area (Å²) < 4.78 is 0. The lowest BCUT2D eigenvalue weighted by Gasteiger charge is -2.51. The average Bonchev–Trinajstić information content (AvgIpc) is 3.04. The minimum atomic E-state index is -1.59. The number of benzene rings is 3. The van der Waals surface area contributed by atoms with E-state index in [0.717, 1.165) is 16.7 Å². The van der Waals surface area contributed by atoms with E-state index >= 15 is 0 Å². The van der Waals surface area contributed by atoms with Crippen LogP contribution >= 0.6 is 0 Å². The second kappa shape index (κ2) is 5.91. The molecule has 0 unspecified atom stereocenters. The van der Waals surface area contributed by atoms with Gasteiger partial charge >= 0.3 is 5.97 Å². The minimum Gasteiger partial charge on any atom is -0.480 e. The summed E-state index contributed by atoms with van der Waals surface area (Å²) in [6.45, 7) is 1.90. The Morgan fingerprint density at radius 1 is 0.871 bits per heavy atom. The Bertz CT molecular complexity index is 1260. The second-order valence-electron chi connectivity index (χ2n) is 8.62. The third-order valence-electron chi connectivity index (χ3n) is 7.22. The summed E-state index contributed by atoms with van der Waals surface area (Å²) in [7, 11) is 0. The smallest absolute Gasteiger partial charge is 0.319 e. The van der Waals surface area contributed by atoms with Crippen LogP contribution in [0.2, 0.25) is 0 Å². The van der Waals surface area contributed by atoms with Crippen molar-refractivity contribution in [3.8, 4) is 0 Å². The third-order valence-corrected chi connectivity index (χ3v) is 7.22. The van der Waals surface area contributed by atoms with Crippen LogP contribution in [-0.4, -0.2) is 22.9 Å². The van der Waals surface area contributed by atoms with Gasteiger partial charge < -0.3 is 5.11 Å². The molecule has 152 valence electrons. The van der Waals surface area contributed by atoms with Crippen molar-refractivity contribution in [2.24, 2.45) is 11.8 Å². The fraction of sp³-hybridized carbons (Fsp3) is 0.192. The molecule has 4 aliphatic rings. The number of hydrogen-bond donors (Lipinski definition) is 1. The van der Waals surface area contributed by atoms with Crippen LogP contribution in [-0.2, 0) is 19.8 Å². The Labute approximate surface area is 178 Å². The zero-order valence-corrected chi connectivity index (χ0v) is 16.8. The van der Waals surface area contributed by atoms with Gasteiger partial charge in [0.05, 0.1) is 17.5 Å². The van der Waals surface area contributed by atoms with E-state index in [4.69, 9.17) is 0 Å². The van der Waals surface area contributed by atoms with Crippen molar-refractivity contribution in [2.75, 3.05) is 4.90 Å². The molecular formula is C26H19NO4. The molecule has 1 saturated heterocycles. The van der Waals surface area contributed by atoms with Crippen molar-refractivity contribution in [3.63, 3.8) is 0 Å². The predicted molar refractivity (Wildman–Crippen MR) is 114 cm³/mol. The van der Waals surface area contributed by atoms with Gasteiger partial charge in [-0.25, -0.2) is 4.90 Å². The van der Waals surface area contributed by atoms with Crippen LogP contribution in [0.4, 0.5) is 5.69 Å². The molecular weight excluding hydrogens is 390 g/mol. The number of hydrogen-bond acceptors (Lipinski definition) is 3. The van der Waals surface area contributed by atoms with Gasteiger partial charge in [-0.05, 0) is 46.9 Å². The topological polar surface area (TPSA) is 74.7 Å². The maximum atomic E-state index is 13.8. The Hall–Kier alpha value is -3.73. The first-order valence-electron chi connectivity index (χ1n) is 10.3. The highest BCUT2D eigenvalue weighted by Crippen LogP contribution is 2.64. The minimum absolute atomic E-state index is 0.319. The predicted octanol–water partition coefficient (Wildman–Crippen LogP) is 3.63. The van der Waals surface area contributed by atoms with E-state index in [1.807, 2.05) is 37.3 Å². The number of imide groups is 1. The van der Waals surface area contributed by atoms with E-state index in [9.17, 15) is 19.5 Å². The average molecular weight is 409 g/mol. The zero-order valence-electron chi connectivity index (χ0n) is 16.8. The van der Waals surface area contributed by atoms with Gasteiger partial charge in [0.1, 0.15) is 5.41 Å². The molecule has 2 atom stereocenters. The third kappa shape index (κ3) is 1.99. The Kier molecular flexibility index (Phi) is 3.45. The van der Waals surface area contributed by atoms with E-state index in [-0.39, 0.29) is 11.8 Å². The summed E-state index contributed by atoms with van der Waals surface area (Å²) >= 11 is 0. The fourth-order valence-corrected chi connectivity index (χ4v) is 6.16. The van der Waals surface area contributed by atoms with Crippen molar-refractivity contribution < 1.29 is 19.5 Å². The van der Waals surface area contributed by atoms with Gasteiger partial charge in [-0.15, -0.1) is 0 Å². The highest BCUT2D eigenvalue weighted by Gasteiger charge is 2.71. The number of nitrogens with zero attached hydrogens (tertiary/aromatic N) is 1. The lowest BCUT2D eigenvalue weighted by molar-refractivity contribution is -0.149. The number of carbonyl (C=O) groups is 3. The molecule has 31 heavy (non-hydrogen) atoms. The number of aliphatic carboxylic acids is 1. The number of anilines is 1. The maximum absolute atomic E-state index is 13.8. The monoisotopic (exact) mass is 409 g/mol. The zero-order chi connectivity index (χ0) is 21.5. The molecule has 7 rings (SSSR count). The van der Waals surface area contributed by atoms with Gasteiger partial charge in [0.15, 0.2) is 0 Å². The van der Waals surface area contributed by atoms with Crippen molar-refractivity contribution in [1.82, 2.24) is 0 Å². The molecule has 5 heteroatoms. The van der Waals surface area contributed by atoms with Crippen molar-refractivity contribution in [2.45, 2.75) is 18.3 Å². The largest absolute Gasteiger partial charge is 0.480 e. The van der Waals surface area contributed by atoms with E-state index in [1.165, 1.54) is 4.90 Å². The molecule has 2 bridgehead atoms. The summed E-state index contributed by atoms with van der Waals surface area (Å²) in [4.78, 5) is 41.9. The molecule has 0 radical (unpaired) electrons. The van der Waals surface area contributed by atoms with Crippen LogP contribution in [0.25, 0.3) is 0 Å². The first kappa shape index (κ1) is 18.1. The van der Waals surface area contributed by atoms with Crippen LogP contribution in [0.15, 0.2) is 72.8 Å². The fourth-order valence-electron chi connectivity index (χ4n) is 6.16. The molecule has 1 fully saturated rings. The van der Waals surface area contributed by atoms with Crippen LogP contribution < -0.4 is 4.90 Å². The van der Waals surface area contributed by atoms with E-state index < -0.39 is 29.1 Å². The first-order chi connectivity index (χ1) is 15.0. The van der Waals surface area contributed by atoms with Crippen molar-refractivity contribution >= 4 is 23.5 Å². The molecule has 0 aromatic heterocycles. The molecule has 0 spiro atoms. The van der Waals surface area contributed by atoms with Crippen LogP contribution in [0.3, 0.4) is 0 Å². The molecule has 1 heterocycles. The van der Waals surface area contributed by atoms with Gasteiger partial charge in [-0.3, -0.25) is 14.4 Å². The van der Waals surface area contributed by atoms with Crippen molar-refractivity contribution in [3.05, 3.63) is 101 Å². The Morgan fingerprint density at radius 3 is 2.06 bits per heavy atom. The number of amides is 2. The van der Waals surface area contributed by atoms with E-state index in [1.54, 1.807) is 42.5 Å². The highest BCUT2D eigenvalue weighted by atomic mass is 16.4. The normalized spacial score (nSPS) is 27.6. The molecule has 1 N–H and O–H groups in total. The first-order valence-corrected chi connectivity index (χ1v) is 10.3. The number of rotatable bonds is 2. The molecule has 3 aromatic carbocycles. The summed E-state index contributed by atoms with van der Waals surface area (Å²) in [6.07, 6.45) is 0. The van der Waals surface area contributed by atoms with Gasteiger partial charge in [0, 0.05) is 5.92 Å². The van der Waals surface area contributed by atoms with Gasteiger partial charge in [-0.2, -0.15) is 0 Å². The number of carboxylic acid groups (broad SMARTS) is 1. The number of aryl methyl sites for hydroxylation is 1. The SMILES string of the molecule is Cc1cccc(N2C(=O)[C@@H]3C4c5ccccc5C(C(=O)O)(c5ccccc54)[C@@H]3C2=O)c1. The second-order valence-corrected chi connectivity index (χ2v) is 8.62. The summed E-state index contributed by atoms with van der Waals surface area (Å²) in [5.41, 5.74) is 2.75. The van der Waals surface area contributed by atoms with Gasteiger partial charge in [0.25, 0.3) is 0 Å². The van der Waals surface area contributed by atoms with Gasteiger partial charge in [0.2, 0.25) is 11.8 Å². The molecule has 5 nitrogen and oxygen atoms in total. The molecule has 3 aromatic rings.